The van der Waals surface area contributed by atoms with Crippen molar-refractivity contribution in [1.82, 2.24) is 5.32 Å². The van der Waals surface area contributed by atoms with Gasteiger partial charge in [-0.3, -0.25) is 9.69 Å². The number of carbonyl (C=O) groups excluding carboxylic acids is 3. The van der Waals surface area contributed by atoms with Crippen LogP contribution in [0.4, 0.5) is 10.5 Å². The van der Waals surface area contributed by atoms with E-state index in [0.717, 1.165) is 0 Å². The molecule has 1 aromatic rings. The molecule has 100 valence electrons. The van der Waals surface area contributed by atoms with Crippen LogP contribution in [0.25, 0.3) is 0 Å². The van der Waals surface area contributed by atoms with E-state index in [2.05, 4.69) is 5.32 Å². The molecule has 6 nitrogen and oxygen atoms in total. The van der Waals surface area contributed by atoms with Crippen molar-refractivity contribution in [3.8, 4) is 0 Å². The van der Waals surface area contributed by atoms with Gasteiger partial charge in [0.05, 0.1) is 17.9 Å². The minimum atomic E-state index is -0.908. The molecule has 1 aromatic carbocycles. The molecule has 1 fully saturated rings. The average molecular weight is 262 g/mol. The molecule has 0 radical (unpaired) electrons. The number of para-hydroxylation sites is 1. The Morgan fingerprint density at radius 3 is 2.74 bits per heavy atom. The molecule has 1 heterocycles. The maximum Gasteiger partial charge on any atom is 0.379 e. The zero-order valence-electron chi connectivity index (χ0n) is 10.5. The largest absolute Gasteiger partial charge is 0.460 e. The summed E-state index contributed by atoms with van der Waals surface area (Å²) in [6, 6.07) is 6.23. The fourth-order valence-corrected chi connectivity index (χ4v) is 1.91. The van der Waals surface area contributed by atoms with Gasteiger partial charge in [0.25, 0.3) is 5.78 Å². The van der Waals surface area contributed by atoms with Gasteiger partial charge in [0.15, 0.2) is 0 Å². The van der Waals surface area contributed by atoms with Crippen molar-refractivity contribution >= 4 is 23.5 Å². The molecule has 2 rings (SSSR count). The number of nitrogens with zero attached hydrogens (tertiary/aromatic N) is 1. The van der Waals surface area contributed by atoms with Crippen molar-refractivity contribution in [3.05, 3.63) is 29.8 Å². The summed E-state index contributed by atoms with van der Waals surface area (Å²) in [7, 11) is 0. The molecule has 1 saturated heterocycles. The van der Waals surface area contributed by atoms with Gasteiger partial charge in [-0.25, -0.2) is 9.59 Å². The van der Waals surface area contributed by atoms with Crippen LogP contribution in [0, 0.1) is 0 Å². The van der Waals surface area contributed by atoms with Gasteiger partial charge < -0.3 is 10.1 Å². The van der Waals surface area contributed by atoms with Gasteiger partial charge in [-0.05, 0) is 19.1 Å². The van der Waals surface area contributed by atoms with E-state index in [1.807, 2.05) is 0 Å². The number of ether oxygens (including phenoxy) is 1. The SMILES string of the molecule is CCOC(=O)C(=O)c1ccccc1N1CCNC1=O. The summed E-state index contributed by atoms with van der Waals surface area (Å²) >= 11 is 0. The van der Waals surface area contributed by atoms with Crippen LogP contribution in [0.2, 0.25) is 0 Å². The smallest absolute Gasteiger partial charge is 0.379 e. The summed E-state index contributed by atoms with van der Waals surface area (Å²) in [5, 5.41) is 2.65. The summed E-state index contributed by atoms with van der Waals surface area (Å²) in [4.78, 5) is 36.6. The third-order valence-electron chi connectivity index (χ3n) is 2.76. The van der Waals surface area contributed by atoms with Gasteiger partial charge in [-0.15, -0.1) is 0 Å². The van der Waals surface area contributed by atoms with Gasteiger partial charge in [-0.1, -0.05) is 12.1 Å². The van der Waals surface area contributed by atoms with Gasteiger partial charge in [0, 0.05) is 13.1 Å². The van der Waals surface area contributed by atoms with E-state index in [0.29, 0.717) is 18.8 Å². The van der Waals surface area contributed by atoms with Crippen molar-refractivity contribution < 1.29 is 19.1 Å². The standard InChI is InChI=1S/C13H14N2O4/c1-2-19-12(17)11(16)9-5-3-4-6-10(9)15-8-7-14-13(15)18/h3-6H,2,7-8H2,1H3,(H,14,18). The van der Waals surface area contributed by atoms with Gasteiger partial charge in [-0.2, -0.15) is 0 Å². The molecule has 0 aliphatic carbocycles. The summed E-state index contributed by atoms with van der Waals surface area (Å²) in [6.45, 7) is 2.74. The summed E-state index contributed by atoms with van der Waals surface area (Å²) in [5.41, 5.74) is 0.605. The highest BCUT2D eigenvalue weighted by Gasteiger charge is 2.28. The van der Waals surface area contributed by atoms with E-state index in [4.69, 9.17) is 4.74 Å². The highest BCUT2D eigenvalue weighted by Crippen LogP contribution is 2.22. The number of Topliss-reactive ketones (excluding diaryl/α,β-unsaturated/α-hetero) is 1. The van der Waals surface area contributed by atoms with Crippen LogP contribution >= 0.6 is 0 Å². The molecule has 6 heteroatoms. The third-order valence-corrected chi connectivity index (χ3v) is 2.76. The summed E-state index contributed by atoms with van der Waals surface area (Å²) < 4.78 is 4.70. The lowest BCUT2D eigenvalue weighted by atomic mass is 10.1. The number of hydrogen-bond acceptors (Lipinski definition) is 4. The van der Waals surface area contributed by atoms with E-state index in [-0.39, 0.29) is 18.2 Å². The number of carbonyl (C=O) groups is 3. The van der Waals surface area contributed by atoms with E-state index in [1.165, 1.54) is 11.0 Å². The lowest BCUT2D eigenvalue weighted by Crippen LogP contribution is -2.30. The molecule has 2 amide bonds. The van der Waals surface area contributed by atoms with Gasteiger partial charge >= 0.3 is 12.0 Å². The second-order valence-electron chi connectivity index (χ2n) is 3.95. The van der Waals surface area contributed by atoms with Crippen molar-refractivity contribution in [2.24, 2.45) is 0 Å². The molecule has 1 N–H and O–H groups in total. The van der Waals surface area contributed by atoms with Crippen LogP contribution in [0.15, 0.2) is 24.3 Å². The molecule has 0 spiro atoms. The van der Waals surface area contributed by atoms with Crippen LogP contribution in [0.1, 0.15) is 17.3 Å². The molecule has 0 bridgehead atoms. The molecule has 0 unspecified atom stereocenters. The maximum atomic E-state index is 12.0. The van der Waals surface area contributed by atoms with Gasteiger partial charge in [0.2, 0.25) is 0 Å². The van der Waals surface area contributed by atoms with Crippen LogP contribution in [-0.4, -0.2) is 37.5 Å². The van der Waals surface area contributed by atoms with Crippen LogP contribution in [0.5, 0.6) is 0 Å². The number of rotatable bonds is 4. The second-order valence-corrected chi connectivity index (χ2v) is 3.95. The number of hydrogen-bond donors (Lipinski definition) is 1. The number of ketones is 1. The summed E-state index contributed by atoms with van der Waals surface area (Å²) in [5.74, 6) is -1.65. The molecule has 1 aliphatic heterocycles. The molecule has 0 aromatic heterocycles. The van der Waals surface area contributed by atoms with Crippen LogP contribution in [-0.2, 0) is 9.53 Å². The Balaban J connectivity index is 2.33. The first-order valence-electron chi connectivity index (χ1n) is 6.01. The van der Waals surface area contributed by atoms with Crippen molar-refractivity contribution in [1.29, 1.82) is 0 Å². The number of nitrogens with one attached hydrogen (secondary N) is 1. The first-order chi connectivity index (χ1) is 9.15. The quantitative estimate of drug-likeness (QED) is 0.498. The van der Waals surface area contributed by atoms with Crippen molar-refractivity contribution in [3.63, 3.8) is 0 Å². The van der Waals surface area contributed by atoms with Crippen LogP contribution < -0.4 is 10.2 Å². The Kier molecular flexibility index (Phi) is 3.79. The molecule has 0 saturated carbocycles. The Morgan fingerprint density at radius 1 is 1.37 bits per heavy atom. The molecule has 0 atom stereocenters. The molecule has 1 aliphatic rings. The van der Waals surface area contributed by atoms with E-state index < -0.39 is 11.8 Å². The molecular weight excluding hydrogens is 248 g/mol. The van der Waals surface area contributed by atoms with Crippen LogP contribution in [0.3, 0.4) is 0 Å². The maximum absolute atomic E-state index is 12.0. The average Bonchev–Trinajstić information content (AvgIpc) is 2.84. The minimum absolute atomic E-state index is 0.136. The van der Waals surface area contributed by atoms with E-state index in [9.17, 15) is 14.4 Å². The van der Waals surface area contributed by atoms with E-state index in [1.54, 1.807) is 25.1 Å². The normalized spacial score (nSPS) is 14.2. The molecule has 19 heavy (non-hydrogen) atoms. The first kappa shape index (κ1) is 13.1. The lowest BCUT2D eigenvalue weighted by molar-refractivity contribution is -0.137. The fraction of sp³-hybridized carbons (Fsp3) is 0.308. The van der Waals surface area contributed by atoms with E-state index >= 15 is 0 Å². The Hall–Kier alpha value is -2.37. The number of amides is 2. The number of urea groups is 1. The lowest BCUT2D eigenvalue weighted by Gasteiger charge is -2.17. The number of anilines is 1. The zero-order valence-corrected chi connectivity index (χ0v) is 10.5. The summed E-state index contributed by atoms with van der Waals surface area (Å²) in [6.07, 6.45) is 0. The monoisotopic (exact) mass is 262 g/mol. The van der Waals surface area contributed by atoms with Crippen molar-refractivity contribution in [2.45, 2.75) is 6.92 Å². The Labute approximate surface area is 110 Å². The molecular formula is C13H14N2O4. The fourth-order valence-electron chi connectivity index (χ4n) is 1.91. The van der Waals surface area contributed by atoms with Gasteiger partial charge in [0.1, 0.15) is 0 Å². The topological polar surface area (TPSA) is 75.7 Å². The minimum Gasteiger partial charge on any atom is -0.460 e. The third kappa shape index (κ3) is 2.57. The number of benzene rings is 1. The number of esters is 1. The highest BCUT2D eigenvalue weighted by atomic mass is 16.5. The highest BCUT2D eigenvalue weighted by molar-refractivity contribution is 6.42. The van der Waals surface area contributed by atoms with Crippen molar-refractivity contribution in [2.75, 3.05) is 24.6 Å². The Morgan fingerprint density at radius 2 is 2.11 bits per heavy atom. The second kappa shape index (κ2) is 5.51. The predicted octanol–water partition coefficient (Wildman–Crippen LogP) is 0.962. The Bertz CT molecular complexity index is 527. The predicted molar refractivity (Wildman–Crippen MR) is 68.2 cm³/mol. The zero-order chi connectivity index (χ0) is 13.8. The first-order valence-corrected chi connectivity index (χ1v) is 6.01.